The lowest BCUT2D eigenvalue weighted by Crippen LogP contribution is -2.56. The summed E-state index contributed by atoms with van der Waals surface area (Å²) in [5, 5.41) is 9.92. The van der Waals surface area contributed by atoms with Crippen molar-refractivity contribution in [2.45, 2.75) is 65.7 Å². The molecule has 194 valence electrons. The molecule has 2 atom stereocenters. The van der Waals surface area contributed by atoms with Crippen LogP contribution in [-0.2, 0) is 11.3 Å². The van der Waals surface area contributed by atoms with E-state index in [1.54, 1.807) is 49.9 Å². The Bertz CT molecular complexity index is 1030. The van der Waals surface area contributed by atoms with E-state index in [2.05, 4.69) is 4.98 Å². The number of rotatable bonds is 7. The van der Waals surface area contributed by atoms with Crippen LogP contribution in [0.5, 0.6) is 0 Å². The number of halogens is 2. The highest BCUT2D eigenvalue weighted by molar-refractivity contribution is 5.95. The Kier molecular flexibility index (Phi) is 8.35. The molecule has 1 saturated heterocycles. The van der Waals surface area contributed by atoms with Gasteiger partial charge in [-0.15, -0.1) is 0 Å². The van der Waals surface area contributed by atoms with Crippen molar-refractivity contribution in [2.75, 3.05) is 26.2 Å². The largest absolute Gasteiger partial charge is 0.444 e. The topological polar surface area (TPSA) is 87.9 Å². The van der Waals surface area contributed by atoms with E-state index in [0.717, 1.165) is 0 Å². The molecule has 0 aliphatic carbocycles. The molecule has 0 spiro atoms. The van der Waals surface area contributed by atoms with Gasteiger partial charge in [-0.05, 0) is 45.2 Å². The molecule has 8 nitrogen and oxygen atoms in total. The molecule has 35 heavy (non-hydrogen) atoms. The summed E-state index contributed by atoms with van der Waals surface area (Å²) in [5.41, 5.74) is 0.243. The number of likely N-dealkylation sites (tertiary alicyclic amines) is 1. The Hall–Kier alpha value is -2.75. The molecule has 1 N–H and O–H groups in total. The predicted octanol–water partition coefficient (Wildman–Crippen LogP) is 4.02. The molecule has 3 rings (SSSR count). The molecular formula is C25H36F2N4O4. The van der Waals surface area contributed by atoms with E-state index >= 15 is 0 Å². The third kappa shape index (κ3) is 6.68. The number of fused-ring (bicyclic) bond motifs is 1. The van der Waals surface area contributed by atoms with Crippen molar-refractivity contribution in [3.8, 4) is 0 Å². The molecule has 1 aliphatic heterocycles. The first kappa shape index (κ1) is 26.8. The quantitative estimate of drug-likeness (QED) is 0.628. The van der Waals surface area contributed by atoms with Crippen LogP contribution in [0, 0.1) is 11.8 Å². The number of carbonyl (C=O) groups excluding carboxylic acids is 2. The maximum Gasteiger partial charge on any atom is 0.410 e. The number of imidazole rings is 1. The van der Waals surface area contributed by atoms with Crippen molar-refractivity contribution < 1.29 is 28.2 Å². The summed E-state index contributed by atoms with van der Waals surface area (Å²) in [7, 11) is 0. The molecule has 1 aromatic carbocycles. The van der Waals surface area contributed by atoms with Crippen molar-refractivity contribution >= 4 is 23.0 Å². The Morgan fingerprint density at radius 3 is 2.51 bits per heavy atom. The van der Waals surface area contributed by atoms with Gasteiger partial charge in [0.1, 0.15) is 5.60 Å². The predicted molar refractivity (Wildman–Crippen MR) is 128 cm³/mol. The molecule has 1 fully saturated rings. The smallest absolute Gasteiger partial charge is 0.410 e. The first-order valence-corrected chi connectivity index (χ1v) is 12.0. The van der Waals surface area contributed by atoms with Gasteiger partial charge >= 0.3 is 6.09 Å². The molecule has 2 amide bonds. The van der Waals surface area contributed by atoms with Crippen molar-refractivity contribution in [2.24, 2.45) is 11.8 Å². The molecule has 10 heteroatoms. The van der Waals surface area contributed by atoms with Crippen LogP contribution in [0.4, 0.5) is 13.6 Å². The first-order chi connectivity index (χ1) is 16.4. The van der Waals surface area contributed by atoms with Gasteiger partial charge in [0, 0.05) is 32.2 Å². The number of benzene rings is 1. The number of piperidine rings is 1. The highest BCUT2D eigenvalue weighted by atomic mass is 19.3. The van der Waals surface area contributed by atoms with Gasteiger partial charge in [0.25, 0.3) is 12.3 Å². The third-order valence-corrected chi connectivity index (χ3v) is 5.85. The zero-order chi connectivity index (χ0) is 25.9. The second kappa shape index (κ2) is 10.9. The number of para-hydroxylation sites is 2. The Labute approximate surface area is 204 Å². The average Bonchev–Trinajstić information content (AvgIpc) is 3.13. The highest BCUT2D eigenvalue weighted by Gasteiger charge is 2.38. The lowest BCUT2D eigenvalue weighted by atomic mass is 9.93. The number of ether oxygens (including phenoxy) is 1. The first-order valence-electron chi connectivity index (χ1n) is 12.0. The summed E-state index contributed by atoms with van der Waals surface area (Å²) in [5.74, 6) is -0.690. The Morgan fingerprint density at radius 1 is 1.23 bits per heavy atom. The van der Waals surface area contributed by atoms with E-state index in [1.165, 1.54) is 9.47 Å². The summed E-state index contributed by atoms with van der Waals surface area (Å²) in [4.78, 5) is 34.2. The molecule has 2 aromatic rings. The van der Waals surface area contributed by atoms with Gasteiger partial charge in [-0.25, -0.2) is 18.6 Å². The van der Waals surface area contributed by atoms with Crippen LogP contribution in [0.15, 0.2) is 24.3 Å². The molecular weight excluding hydrogens is 458 g/mol. The number of alkyl halides is 2. The number of hydrogen-bond acceptors (Lipinski definition) is 5. The molecule has 0 bridgehead atoms. The second-order valence-electron chi connectivity index (χ2n) is 10.6. The number of carbonyl (C=O) groups is 2. The SMILES string of the molecule is CC(C)CN(C(=O)c1nc2ccccc2n1CC(F)F)[C@H]1C[C@@H](CO)CN(C(=O)OC(C)(C)C)C1. The van der Waals surface area contributed by atoms with Crippen LogP contribution in [0.2, 0.25) is 0 Å². The number of nitrogens with zero attached hydrogens (tertiary/aromatic N) is 4. The fraction of sp³-hybridized carbons (Fsp3) is 0.640. The van der Waals surface area contributed by atoms with E-state index in [9.17, 15) is 23.5 Å². The number of amides is 2. The van der Waals surface area contributed by atoms with Gasteiger partial charge in [-0.1, -0.05) is 26.0 Å². The third-order valence-electron chi connectivity index (χ3n) is 5.85. The van der Waals surface area contributed by atoms with Gasteiger partial charge in [0.2, 0.25) is 0 Å². The van der Waals surface area contributed by atoms with E-state index < -0.39 is 36.6 Å². The van der Waals surface area contributed by atoms with Crippen LogP contribution in [-0.4, -0.2) is 80.8 Å². The Morgan fingerprint density at radius 2 is 1.91 bits per heavy atom. The zero-order valence-electron chi connectivity index (χ0n) is 21.1. The fourth-order valence-corrected chi connectivity index (χ4v) is 4.49. The maximum absolute atomic E-state index is 13.9. The van der Waals surface area contributed by atoms with E-state index in [4.69, 9.17) is 4.74 Å². The minimum Gasteiger partial charge on any atom is -0.444 e. The summed E-state index contributed by atoms with van der Waals surface area (Å²) in [6.07, 6.45) is -2.69. The van der Waals surface area contributed by atoms with E-state index in [-0.39, 0.29) is 30.8 Å². The number of aliphatic hydroxyl groups excluding tert-OH is 1. The molecule has 1 aliphatic rings. The monoisotopic (exact) mass is 494 g/mol. The van der Waals surface area contributed by atoms with Crippen LogP contribution < -0.4 is 0 Å². The molecule has 1 aromatic heterocycles. The van der Waals surface area contributed by atoms with Gasteiger partial charge in [-0.2, -0.15) is 0 Å². The van der Waals surface area contributed by atoms with Crippen LogP contribution in [0.1, 0.15) is 51.7 Å². The fourth-order valence-electron chi connectivity index (χ4n) is 4.49. The number of aliphatic hydroxyl groups is 1. The Balaban J connectivity index is 1.97. The van der Waals surface area contributed by atoms with Crippen molar-refractivity contribution in [3.63, 3.8) is 0 Å². The average molecular weight is 495 g/mol. The van der Waals surface area contributed by atoms with E-state index in [1.807, 2.05) is 13.8 Å². The van der Waals surface area contributed by atoms with Crippen molar-refractivity contribution in [1.29, 1.82) is 0 Å². The highest BCUT2D eigenvalue weighted by Crippen LogP contribution is 2.26. The summed E-state index contributed by atoms with van der Waals surface area (Å²) < 4.78 is 33.7. The summed E-state index contributed by atoms with van der Waals surface area (Å²) in [6.45, 7) is 9.33. The summed E-state index contributed by atoms with van der Waals surface area (Å²) in [6, 6.07) is 6.39. The number of aromatic nitrogens is 2. The molecule has 0 radical (unpaired) electrons. The van der Waals surface area contributed by atoms with Gasteiger partial charge in [0.05, 0.1) is 23.6 Å². The molecule has 0 saturated carbocycles. The lowest BCUT2D eigenvalue weighted by molar-refractivity contribution is -0.00465. The van der Waals surface area contributed by atoms with Crippen LogP contribution >= 0.6 is 0 Å². The standard InChI is InChI=1S/C25H36F2N4O4/c1-16(2)11-30(18-10-17(15-32)12-29(13-18)24(34)35-25(3,4)5)23(33)22-28-19-8-6-7-9-20(19)31(22)14-21(26)27/h6-9,16-18,21,32H,10-15H2,1-5H3/t17-,18+/m1/s1. The second-order valence-corrected chi connectivity index (χ2v) is 10.6. The minimum atomic E-state index is -2.66. The maximum atomic E-state index is 13.9. The van der Waals surface area contributed by atoms with Gasteiger partial charge < -0.3 is 24.2 Å². The van der Waals surface area contributed by atoms with Gasteiger partial charge in [-0.3, -0.25) is 4.79 Å². The minimum absolute atomic E-state index is 0.0536. The normalized spacial score (nSPS) is 19.0. The van der Waals surface area contributed by atoms with Crippen molar-refractivity contribution in [3.05, 3.63) is 30.1 Å². The lowest BCUT2D eigenvalue weighted by Gasteiger charge is -2.43. The molecule has 0 unspecified atom stereocenters. The van der Waals surface area contributed by atoms with Crippen molar-refractivity contribution in [1.82, 2.24) is 19.4 Å². The van der Waals surface area contributed by atoms with Crippen LogP contribution in [0.3, 0.4) is 0 Å². The van der Waals surface area contributed by atoms with Gasteiger partial charge in [0.15, 0.2) is 5.82 Å². The molecule has 2 heterocycles. The van der Waals surface area contributed by atoms with Crippen LogP contribution in [0.25, 0.3) is 11.0 Å². The van der Waals surface area contributed by atoms with E-state index in [0.29, 0.717) is 30.5 Å². The summed E-state index contributed by atoms with van der Waals surface area (Å²) >= 11 is 0. The number of hydrogen-bond donors (Lipinski definition) is 1. The zero-order valence-corrected chi connectivity index (χ0v) is 21.1.